The number of aldehydes is 1. The van der Waals surface area contributed by atoms with Crippen LogP contribution in [0.4, 0.5) is 0 Å². The molecule has 3 nitrogen and oxygen atoms in total. The Bertz CT molecular complexity index is 180. The first kappa shape index (κ1) is 9.23. The maximum absolute atomic E-state index is 10.7. The van der Waals surface area contributed by atoms with Crippen molar-refractivity contribution in [2.75, 3.05) is 0 Å². The van der Waals surface area contributed by atoms with Crippen LogP contribution in [-0.2, 0) is 14.3 Å². The van der Waals surface area contributed by atoms with Crippen molar-refractivity contribution in [3.05, 3.63) is 0 Å². The first-order valence-electron chi connectivity index (χ1n) is 4.32. The molecule has 0 bridgehead atoms. The number of rotatable bonds is 3. The van der Waals surface area contributed by atoms with Crippen LogP contribution in [-0.4, -0.2) is 17.9 Å². The summed E-state index contributed by atoms with van der Waals surface area (Å²) in [4.78, 5) is 21.1. The van der Waals surface area contributed by atoms with Crippen LogP contribution in [0, 0.1) is 0 Å². The smallest absolute Gasteiger partial charge is 0.303 e. The lowest BCUT2D eigenvalue weighted by Crippen LogP contribution is -2.31. The monoisotopic (exact) mass is 170 g/mol. The van der Waals surface area contributed by atoms with E-state index in [0.29, 0.717) is 6.42 Å². The minimum Gasteiger partial charge on any atom is -0.459 e. The highest BCUT2D eigenvalue weighted by Crippen LogP contribution is 2.35. The lowest BCUT2D eigenvalue weighted by Gasteiger charge is -2.25. The summed E-state index contributed by atoms with van der Waals surface area (Å²) in [6.45, 7) is 1.39. The number of carbonyl (C=O) groups is 2. The van der Waals surface area contributed by atoms with Crippen LogP contribution >= 0.6 is 0 Å². The third kappa shape index (κ3) is 2.06. The Morgan fingerprint density at radius 2 is 2.08 bits per heavy atom. The van der Waals surface area contributed by atoms with Crippen LogP contribution in [0.15, 0.2) is 0 Å². The standard InChI is InChI=1S/C9H14O3/c1-8(11)12-9(6-7-10)4-2-3-5-9/h7H,2-6H2,1H3. The van der Waals surface area contributed by atoms with Crippen LogP contribution in [0.5, 0.6) is 0 Å². The number of carbonyl (C=O) groups excluding carboxylic acids is 2. The fourth-order valence-corrected chi connectivity index (χ4v) is 1.82. The van der Waals surface area contributed by atoms with Gasteiger partial charge in [-0.1, -0.05) is 0 Å². The van der Waals surface area contributed by atoms with E-state index in [4.69, 9.17) is 4.74 Å². The molecule has 0 aromatic rings. The van der Waals surface area contributed by atoms with Gasteiger partial charge in [0.2, 0.25) is 0 Å². The van der Waals surface area contributed by atoms with Crippen molar-refractivity contribution in [2.45, 2.75) is 44.6 Å². The first-order valence-corrected chi connectivity index (χ1v) is 4.32. The zero-order valence-electron chi connectivity index (χ0n) is 7.34. The van der Waals surface area contributed by atoms with Crippen molar-refractivity contribution in [3.63, 3.8) is 0 Å². The van der Waals surface area contributed by atoms with Crippen LogP contribution < -0.4 is 0 Å². The molecule has 0 aromatic heterocycles. The van der Waals surface area contributed by atoms with Gasteiger partial charge >= 0.3 is 5.97 Å². The molecule has 0 saturated heterocycles. The summed E-state index contributed by atoms with van der Waals surface area (Å²) in [5.41, 5.74) is -0.451. The molecule has 0 radical (unpaired) electrons. The predicted octanol–water partition coefficient (Wildman–Crippen LogP) is 1.45. The van der Waals surface area contributed by atoms with Gasteiger partial charge in [0.1, 0.15) is 11.9 Å². The van der Waals surface area contributed by atoms with E-state index in [1.807, 2.05) is 0 Å². The second-order valence-electron chi connectivity index (χ2n) is 3.35. The van der Waals surface area contributed by atoms with E-state index >= 15 is 0 Å². The fraction of sp³-hybridized carbons (Fsp3) is 0.778. The van der Waals surface area contributed by atoms with E-state index in [1.54, 1.807) is 0 Å². The number of esters is 1. The summed E-state index contributed by atoms with van der Waals surface area (Å²) in [6.07, 6.45) is 4.99. The highest BCUT2D eigenvalue weighted by Gasteiger charge is 2.36. The minimum absolute atomic E-state index is 0.279. The zero-order chi connectivity index (χ0) is 9.03. The molecule has 1 aliphatic carbocycles. The molecule has 0 aliphatic heterocycles. The van der Waals surface area contributed by atoms with Gasteiger partial charge in [0.05, 0.1) is 0 Å². The normalized spacial score (nSPS) is 20.4. The Kier molecular flexibility index (Phi) is 2.84. The third-order valence-corrected chi connectivity index (χ3v) is 2.33. The SMILES string of the molecule is CC(=O)OC1(CC=O)CCCC1. The van der Waals surface area contributed by atoms with Crippen molar-refractivity contribution in [1.29, 1.82) is 0 Å². The molecule has 0 atom stereocenters. The highest BCUT2D eigenvalue weighted by molar-refractivity contribution is 5.67. The van der Waals surface area contributed by atoms with Crippen molar-refractivity contribution >= 4 is 12.3 Å². The molecular weight excluding hydrogens is 156 g/mol. The lowest BCUT2D eigenvalue weighted by molar-refractivity contribution is -0.157. The summed E-state index contributed by atoms with van der Waals surface area (Å²) in [5.74, 6) is -0.279. The second kappa shape index (κ2) is 3.70. The second-order valence-corrected chi connectivity index (χ2v) is 3.35. The van der Waals surface area contributed by atoms with Gasteiger partial charge in [0.25, 0.3) is 0 Å². The van der Waals surface area contributed by atoms with E-state index in [9.17, 15) is 9.59 Å². The van der Waals surface area contributed by atoms with Crippen molar-refractivity contribution in [1.82, 2.24) is 0 Å². The van der Waals surface area contributed by atoms with Crippen molar-refractivity contribution in [3.8, 4) is 0 Å². The Morgan fingerprint density at radius 1 is 1.50 bits per heavy atom. The molecule has 0 spiro atoms. The Hall–Kier alpha value is -0.860. The first-order chi connectivity index (χ1) is 5.68. The van der Waals surface area contributed by atoms with Crippen LogP contribution in [0.25, 0.3) is 0 Å². The maximum Gasteiger partial charge on any atom is 0.303 e. The van der Waals surface area contributed by atoms with E-state index in [0.717, 1.165) is 32.0 Å². The molecule has 0 heterocycles. The van der Waals surface area contributed by atoms with Gasteiger partial charge in [0.15, 0.2) is 0 Å². The molecule has 68 valence electrons. The quantitative estimate of drug-likeness (QED) is 0.475. The van der Waals surface area contributed by atoms with Crippen LogP contribution in [0.2, 0.25) is 0 Å². The predicted molar refractivity (Wildman–Crippen MR) is 43.6 cm³/mol. The Morgan fingerprint density at radius 3 is 2.50 bits per heavy atom. The van der Waals surface area contributed by atoms with Gasteiger partial charge in [-0.3, -0.25) is 4.79 Å². The van der Waals surface area contributed by atoms with E-state index in [-0.39, 0.29) is 5.97 Å². The molecule has 0 amide bonds. The van der Waals surface area contributed by atoms with Gasteiger partial charge in [-0.05, 0) is 25.7 Å². The molecule has 3 heteroatoms. The van der Waals surface area contributed by atoms with Gasteiger partial charge < -0.3 is 9.53 Å². The molecule has 0 unspecified atom stereocenters. The Balaban J connectivity index is 2.57. The van der Waals surface area contributed by atoms with Crippen molar-refractivity contribution in [2.24, 2.45) is 0 Å². The highest BCUT2D eigenvalue weighted by atomic mass is 16.6. The average Bonchev–Trinajstić information content (AvgIpc) is 2.36. The number of hydrogen-bond donors (Lipinski definition) is 0. The number of hydrogen-bond acceptors (Lipinski definition) is 3. The molecule has 1 fully saturated rings. The molecule has 1 saturated carbocycles. The van der Waals surface area contributed by atoms with Crippen LogP contribution in [0.1, 0.15) is 39.0 Å². The topological polar surface area (TPSA) is 43.4 Å². The zero-order valence-corrected chi connectivity index (χ0v) is 7.34. The average molecular weight is 170 g/mol. The summed E-state index contributed by atoms with van der Waals surface area (Å²) in [7, 11) is 0. The van der Waals surface area contributed by atoms with Gasteiger partial charge in [0, 0.05) is 13.3 Å². The molecule has 1 rings (SSSR count). The van der Waals surface area contributed by atoms with Gasteiger partial charge in [-0.15, -0.1) is 0 Å². The fourth-order valence-electron chi connectivity index (χ4n) is 1.82. The van der Waals surface area contributed by atoms with Crippen LogP contribution in [0.3, 0.4) is 0 Å². The molecular formula is C9H14O3. The minimum atomic E-state index is -0.451. The summed E-state index contributed by atoms with van der Waals surface area (Å²) in [5, 5.41) is 0. The summed E-state index contributed by atoms with van der Waals surface area (Å²) in [6, 6.07) is 0. The molecule has 1 aliphatic rings. The Labute approximate surface area is 72.1 Å². The largest absolute Gasteiger partial charge is 0.459 e. The summed E-state index contributed by atoms with van der Waals surface area (Å²) < 4.78 is 5.17. The van der Waals surface area contributed by atoms with Gasteiger partial charge in [-0.2, -0.15) is 0 Å². The molecule has 0 N–H and O–H groups in total. The van der Waals surface area contributed by atoms with Gasteiger partial charge in [-0.25, -0.2) is 0 Å². The maximum atomic E-state index is 10.7. The molecule has 12 heavy (non-hydrogen) atoms. The number of ether oxygens (including phenoxy) is 1. The van der Waals surface area contributed by atoms with E-state index < -0.39 is 5.60 Å². The third-order valence-electron chi connectivity index (χ3n) is 2.33. The summed E-state index contributed by atoms with van der Waals surface area (Å²) >= 11 is 0. The van der Waals surface area contributed by atoms with Crippen molar-refractivity contribution < 1.29 is 14.3 Å². The van der Waals surface area contributed by atoms with E-state index in [2.05, 4.69) is 0 Å². The lowest BCUT2D eigenvalue weighted by atomic mass is 9.98. The molecule has 0 aromatic carbocycles. The van der Waals surface area contributed by atoms with E-state index in [1.165, 1.54) is 6.92 Å².